The van der Waals surface area contributed by atoms with Crippen molar-refractivity contribution in [2.75, 3.05) is 5.32 Å². The minimum Gasteiger partial charge on any atom is -0.353 e. The van der Waals surface area contributed by atoms with E-state index in [4.69, 9.17) is 28.3 Å². The quantitative estimate of drug-likeness (QED) is 0.684. The zero-order valence-corrected chi connectivity index (χ0v) is 13.9. The van der Waals surface area contributed by atoms with E-state index < -0.39 is 5.82 Å². The van der Waals surface area contributed by atoms with E-state index in [0.29, 0.717) is 22.5 Å². The van der Waals surface area contributed by atoms with E-state index in [1.54, 1.807) is 0 Å². The van der Waals surface area contributed by atoms with Crippen molar-refractivity contribution in [3.8, 4) is 11.4 Å². The summed E-state index contributed by atoms with van der Waals surface area (Å²) in [5, 5.41) is 10.1. The van der Waals surface area contributed by atoms with Gasteiger partial charge in [-0.3, -0.25) is 0 Å². The summed E-state index contributed by atoms with van der Waals surface area (Å²) < 4.78 is 18.3. The Balaban J connectivity index is 1.56. The molecule has 3 aromatic rings. The van der Waals surface area contributed by atoms with Crippen LogP contribution < -0.4 is 10.6 Å². The summed E-state index contributed by atoms with van der Waals surface area (Å²) in [5.74, 6) is 0.423. The van der Waals surface area contributed by atoms with Crippen LogP contribution in [-0.4, -0.2) is 15.3 Å². The molecule has 0 fully saturated rings. The van der Waals surface area contributed by atoms with Crippen molar-refractivity contribution in [2.45, 2.75) is 6.54 Å². The van der Waals surface area contributed by atoms with Crippen LogP contribution in [0.25, 0.3) is 11.4 Å². The normalized spacial score (nSPS) is 10.4. The molecule has 0 spiro atoms. The Kier molecular flexibility index (Phi) is 5.02. The number of anilines is 1. The molecule has 8 heteroatoms. The average Bonchev–Trinajstić information content (AvgIpc) is 3.06. The van der Waals surface area contributed by atoms with Gasteiger partial charge in [0.05, 0.1) is 11.6 Å². The molecule has 5 nitrogen and oxygen atoms in total. The van der Waals surface area contributed by atoms with Gasteiger partial charge in [0.1, 0.15) is 5.82 Å². The van der Waals surface area contributed by atoms with Gasteiger partial charge in [-0.2, -0.15) is 4.98 Å². The van der Waals surface area contributed by atoms with Crippen LogP contribution >= 0.6 is 23.8 Å². The fraction of sp³-hybridized carbons (Fsp3) is 0.0625. The summed E-state index contributed by atoms with van der Waals surface area (Å²) in [6.45, 7) is 0.264. The summed E-state index contributed by atoms with van der Waals surface area (Å²) in [7, 11) is 0. The topological polar surface area (TPSA) is 63.0 Å². The first kappa shape index (κ1) is 16.4. The molecule has 1 heterocycles. The Labute approximate surface area is 147 Å². The lowest BCUT2D eigenvalue weighted by molar-refractivity contribution is 0.376. The molecule has 0 saturated heterocycles. The van der Waals surface area contributed by atoms with Crippen molar-refractivity contribution < 1.29 is 8.91 Å². The van der Waals surface area contributed by atoms with Gasteiger partial charge in [-0.15, -0.1) is 0 Å². The lowest BCUT2D eigenvalue weighted by Gasteiger charge is -2.09. The first-order valence-corrected chi connectivity index (χ1v) is 7.78. The van der Waals surface area contributed by atoms with Crippen molar-refractivity contribution in [2.24, 2.45) is 0 Å². The molecule has 0 aliphatic rings. The van der Waals surface area contributed by atoms with E-state index >= 15 is 0 Å². The molecule has 0 aliphatic heterocycles. The van der Waals surface area contributed by atoms with E-state index in [9.17, 15) is 4.39 Å². The molecule has 1 aromatic heterocycles. The van der Waals surface area contributed by atoms with Gasteiger partial charge in [0.2, 0.25) is 11.7 Å². The molecule has 0 amide bonds. The Morgan fingerprint density at radius 2 is 2.00 bits per heavy atom. The lowest BCUT2D eigenvalue weighted by atomic mass is 10.2. The molecule has 0 bridgehead atoms. The highest BCUT2D eigenvalue weighted by Crippen LogP contribution is 2.19. The molecule has 0 unspecified atom stereocenters. The van der Waals surface area contributed by atoms with E-state index in [1.165, 1.54) is 18.2 Å². The highest BCUT2D eigenvalue weighted by Gasteiger charge is 2.09. The fourth-order valence-corrected chi connectivity index (χ4v) is 2.31. The average molecular weight is 363 g/mol. The molecule has 24 heavy (non-hydrogen) atoms. The molecule has 3 rings (SSSR count). The molecule has 0 saturated carbocycles. The monoisotopic (exact) mass is 362 g/mol. The van der Waals surface area contributed by atoms with E-state index in [1.807, 2.05) is 30.3 Å². The van der Waals surface area contributed by atoms with Crippen LogP contribution in [0.1, 0.15) is 5.89 Å². The standard InChI is InChI=1S/C16H12ClFN4OS/c17-12-8-11(6-7-13(12)18)20-16(24)19-9-14-21-15(22-23-14)10-4-2-1-3-5-10/h1-8H,9H2,(H2,19,20,24). The SMILES string of the molecule is Fc1ccc(NC(=S)NCc2nc(-c3ccccc3)no2)cc1Cl. The van der Waals surface area contributed by atoms with Crippen molar-refractivity contribution in [1.29, 1.82) is 0 Å². The second kappa shape index (κ2) is 7.37. The molecule has 2 aromatic carbocycles. The summed E-state index contributed by atoms with van der Waals surface area (Å²) in [4.78, 5) is 4.29. The third kappa shape index (κ3) is 4.06. The molecular formula is C16H12ClFN4OS. The molecular weight excluding hydrogens is 351 g/mol. The molecule has 2 N–H and O–H groups in total. The third-order valence-corrected chi connectivity index (χ3v) is 3.61. The third-order valence-electron chi connectivity index (χ3n) is 3.08. The van der Waals surface area contributed by atoms with Gasteiger partial charge < -0.3 is 15.2 Å². The number of aromatic nitrogens is 2. The Morgan fingerprint density at radius 3 is 2.75 bits per heavy atom. The van der Waals surface area contributed by atoms with E-state index in [2.05, 4.69) is 20.8 Å². The second-order valence-corrected chi connectivity index (χ2v) is 5.63. The number of benzene rings is 2. The van der Waals surface area contributed by atoms with Gasteiger partial charge in [-0.05, 0) is 30.4 Å². The van der Waals surface area contributed by atoms with Crippen LogP contribution in [0.5, 0.6) is 0 Å². The zero-order chi connectivity index (χ0) is 16.9. The van der Waals surface area contributed by atoms with Crippen LogP contribution in [0.3, 0.4) is 0 Å². The number of rotatable bonds is 4. The maximum atomic E-state index is 13.1. The van der Waals surface area contributed by atoms with Gasteiger partial charge in [0, 0.05) is 11.3 Å². The van der Waals surface area contributed by atoms with Gasteiger partial charge in [-0.1, -0.05) is 47.1 Å². The predicted octanol–water partition coefficient (Wildman–Crippen LogP) is 4.02. The van der Waals surface area contributed by atoms with Crippen molar-refractivity contribution >= 4 is 34.6 Å². The molecule has 0 atom stereocenters. The van der Waals surface area contributed by atoms with Crippen LogP contribution in [-0.2, 0) is 6.54 Å². The number of nitrogens with one attached hydrogen (secondary N) is 2. The van der Waals surface area contributed by atoms with Crippen molar-refractivity contribution in [1.82, 2.24) is 15.5 Å². The highest BCUT2D eigenvalue weighted by molar-refractivity contribution is 7.80. The molecule has 122 valence electrons. The van der Waals surface area contributed by atoms with Crippen LogP contribution in [0, 0.1) is 5.82 Å². The second-order valence-electron chi connectivity index (χ2n) is 4.81. The summed E-state index contributed by atoms with van der Waals surface area (Å²) in [5.41, 5.74) is 1.45. The van der Waals surface area contributed by atoms with Crippen molar-refractivity contribution in [3.05, 3.63) is 65.3 Å². The number of nitrogens with zero attached hydrogens (tertiary/aromatic N) is 2. The number of hydrogen-bond acceptors (Lipinski definition) is 4. The van der Waals surface area contributed by atoms with E-state index in [0.717, 1.165) is 5.56 Å². The van der Waals surface area contributed by atoms with Crippen LogP contribution in [0.4, 0.5) is 10.1 Å². The predicted molar refractivity (Wildman–Crippen MR) is 94.2 cm³/mol. The first-order chi connectivity index (χ1) is 11.6. The van der Waals surface area contributed by atoms with Crippen LogP contribution in [0.2, 0.25) is 5.02 Å². The van der Waals surface area contributed by atoms with Gasteiger partial charge in [0.15, 0.2) is 5.11 Å². The maximum Gasteiger partial charge on any atom is 0.246 e. The smallest absolute Gasteiger partial charge is 0.246 e. The Morgan fingerprint density at radius 1 is 1.21 bits per heavy atom. The molecule has 0 aliphatic carbocycles. The van der Waals surface area contributed by atoms with Gasteiger partial charge in [0.25, 0.3) is 0 Å². The highest BCUT2D eigenvalue weighted by atomic mass is 35.5. The lowest BCUT2D eigenvalue weighted by Crippen LogP contribution is -2.28. The summed E-state index contributed by atoms with van der Waals surface area (Å²) in [6.07, 6.45) is 0. The Hall–Kier alpha value is -2.51. The first-order valence-electron chi connectivity index (χ1n) is 7.00. The summed E-state index contributed by atoms with van der Waals surface area (Å²) >= 11 is 10.9. The maximum absolute atomic E-state index is 13.1. The van der Waals surface area contributed by atoms with E-state index in [-0.39, 0.29) is 11.6 Å². The zero-order valence-electron chi connectivity index (χ0n) is 12.3. The Bertz CT molecular complexity index is 856. The minimum atomic E-state index is -0.486. The number of thiocarbonyl (C=S) groups is 1. The number of hydrogen-bond donors (Lipinski definition) is 2. The van der Waals surface area contributed by atoms with Gasteiger partial charge in [-0.25, -0.2) is 4.39 Å². The van der Waals surface area contributed by atoms with Crippen molar-refractivity contribution in [3.63, 3.8) is 0 Å². The largest absolute Gasteiger partial charge is 0.353 e. The number of halogens is 2. The fourth-order valence-electron chi connectivity index (χ4n) is 1.94. The van der Waals surface area contributed by atoms with Crippen LogP contribution in [0.15, 0.2) is 53.1 Å². The minimum absolute atomic E-state index is 0.0206. The summed E-state index contributed by atoms with van der Waals surface area (Å²) in [6, 6.07) is 13.8. The molecule has 0 radical (unpaired) electrons. The van der Waals surface area contributed by atoms with Gasteiger partial charge >= 0.3 is 0 Å².